The van der Waals surface area contributed by atoms with Gasteiger partial charge in [-0.2, -0.15) is 0 Å². The number of phenols is 1. The molecule has 29 heavy (non-hydrogen) atoms. The molecule has 2 aliphatic rings. The van der Waals surface area contributed by atoms with Gasteiger partial charge >= 0.3 is 0 Å². The van der Waals surface area contributed by atoms with E-state index in [0.29, 0.717) is 28.4 Å². The third kappa shape index (κ3) is 3.00. The third-order valence-corrected chi connectivity index (χ3v) is 5.37. The van der Waals surface area contributed by atoms with Gasteiger partial charge in [0.1, 0.15) is 11.5 Å². The second-order valence-electron chi connectivity index (χ2n) is 7.24. The molecule has 0 aliphatic carbocycles. The van der Waals surface area contributed by atoms with Crippen molar-refractivity contribution < 1.29 is 38.7 Å². The summed E-state index contributed by atoms with van der Waals surface area (Å²) in [6.45, 7) is 2.94. The minimum absolute atomic E-state index is 0.0796. The van der Waals surface area contributed by atoms with Gasteiger partial charge in [-0.05, 0) is 30.7 Å². The van der Waals surface area contributed by atoms with E-state index >= 15 is 0 Å². The monoisotopic (exact) mass is 402 g/mol. The van der Waals surface area contributed by atoms with Crippen molar-refractivity contribution in [2.45, 2.75) is 25.6 Å². The molecule has 2 aromatic carbocycles. The van der Waals surface area contributed by atoms with E-state index in [-0.39, 0.29) is 29.8 Å². The van der Waals surface area contributed by atoms with Gasteiger partial charge in [-0.1, -0.05) is 0 Å². The molecule has 2 N–H and O–H groups in total. The average Bonchev–Trinajstić information content (AvgIpc) is 3.12. The first kappa shape index (κ1) is 19.2. The molecule has 0 radical (unpaired) electrons. The van der Waals surface area contributed by atoms with Gasteiger partial charge in [0.15, 0.2) is 23.0 Å². The quantitative estimate of drug-likeness (QED) is 0.804. The predicted molar refractivity (Wildman–Crippen MR) is 101 cm³/mol. The summed E-state index contributed by atoms with van der Waals surface area (Å²) in [4.78, 5) is 12.6. The zero-order valence-corrected chi connectivity index (χ0v) is 16.5. The van der Waals surface area contributed by atoms with Gasteiger partial charge in [-0.15, -0.1) is 0 Å². The van der Waals surface area contributed by atoms with Gasteiger partial charge in [0.2, 0.25) is 18.3 Å². The zero-order valence-electron chi connectivity index (χ0n) is 16.5. The van der Waals surface area contributed by atoms with Crippen LogP contribution in [0.2, 0.25) is 0 Å². The fourth-order valence-electron chi connectivity index (χ4n) is 4.12. The maximum Gasteiger partial charge on any atom is 0.231 e. The van der Waals surface area contributed by atoms with Crippen molar-refractivity contribution in [2.24, 2.45) is 5.92 Å². The summed E-state index contributed by atoms with van der Waals surface area (Å²) in [5.74, 6) is -1.91. The van der Waals surface area contributed by atoms with Gasteiger partial charge in [-0.25, -0.2) is 0 Å². The summed E-state index contributed by atoms with van der Waals surface area (Å²) >= 11 is 0. The van der Waals surface area contributed by atoms with E-state index in [1.54, 1.807) is 24.3 Å². The lowest BCUT2D eigenvalue weighted by molar-refractivity contribution is -0.181. The molecular formula is C21H22O8. The number of ketones is 1. The van der Waals surface area contributed by atoms with Crippen LogP contribution in [0, 0.1) is 5.92 Å². The zero-order chi connectivity index (χ0) is 20.9. The fourth-order valence-corrected chi connectivity index (χ4v) is 4.12. The smallest absolute Gasteiger partial charge is 0.231 e. The molecule has 4 rings (SSSR count). The van der Waals surface area contributed by atoms with Crippen molar-refractivity contribution in [3.63, 3.8) is 0 Å². The molecule has 2 aromatic rings. The molecular weight excluding hydrogens is 380 g/mol. The molecule has 0 aromatic heterocycles. The highest BCUT2D eigenvalue weighted by Gasteiger charge is 2.50. The molecule has 0 spiro atoms. The van der Waals surface area contributed by atoms with E-state index in [4.69, 9.17) is 23.7 Å². The summed E-state index contributed by atoms with van der Waals surface area (Å²) in [6.07, 6.45) is 0. The lowest BCUT2D eigenvalue weighted by Crippen LogP contribution is -2.50. The number of rotatable bonds is 4. The number of carbonyl (C=O) groups excluding carboxylic acids is 1. The van der Waals surface area contributed by atoms with E-state index in [1.807, 2.05) is 0 Å². The molecule has 0 unspecified atom stereocenters. The van der Waals surface area contributed by atoms with E-state index < -0.39 is 17.6 Å². The lowest BCUT2D eigenvalue weighted by atomic mass is 9.72. The van der Waals surface area contributed by atoms with Crippen LogP contribution in [0.4, 0.5) is 0 Å². The third-order valence-electron chi connectivity index (χ3n) is 5.37. The van der Waals surface area contributed by atoms with Crippen LogP contribution in [0.5, 0.6) is 34.5 Å². The van der Waals surface area contributed by atoms with Crippen molar-refractivity contribution in [3.05, 3.63) is 35.4 Å². The van der Waals surface area contributed by atoms with Crippen molar-refractivity contribution in [1.82, 2.24) is 0 Å². The van der Waals surface area contributed by atoms with Gasteiger partial charge in [0.25, 0.3) is 0 Å². The highest BCUT2D eigenvalue weighted by Crippen LogP contribution is 2.53. The highest BCUT2D eigenvalue weighted by molar-refractivity contribution is 5.82. The minimum atomic E-state index is -1.77. The molecule has 3 atom stereocenters. The Bertz CT molecular complexity index is 956. The number of hydrogen-bond acceptors (Lipinski definition) is 8. The van der Waals surface area contributed by atoms with Crippen LogP contribution in [0.25, 0.3) is 0 Å². The Morgan fingerprint density at radius 3 is 2.21 bits per heavy atom. The first-order valence-corrected chi connectivity index (χ1v) is 9.07. The number of Topliss-reactive ketones (excluding diaryl/α,β-unsaturated/α-hetero) is 1. The second kappa shape index (κ2) is 6.73. The van der Waals surface area contributed by atoms with Gasteiger partial charge in [0, 0.05) is 24.5 Å². The summed E-state index contributed by atoms with van der Waals surface area (Å²) in [5, 5.41) is 21.3. The number of aliphatic hydroxyl groups is 1. The van der Waals surface area contributed by atoms with Crippen molar-refractivity contribution in [1.29, 1.82) is 0 Å². The number of fused-ring (bicyclic) bond motifs is 2. The van der Waals surface area contributed by atoms with E-state index in [2.05, 4.69) is 0 Å². The SMILES string of the molecule is COc1cc([C@H]2c3cc4c(cc3O[C@@](C)(O)[C@@H]2C(C)=O)OCO4)cc(OC)c1O. The number of ether oxygens (including phenoxy) is 5. The van der Waals surface area contributed by atoms with E-state index in [1.165, 1.54) is 28.1 Å². The van der Waals surface area contributed by atoms with Crippen molar-refractivity contribution in [2.75, 3.05) is 21.0 Å². The van der Waals surface area contributed by atoms with Gasteiger partial charge in [-0.3, -0.25) is 4.79 Å². The Morgan fingerprint density at radius 2 is 1.66 bits per heavy atom. The molecule has 2 heterocycles. The molecule has 2 aliphatic heterocycles. The second-order valence-corrected chi connectivity index (χ2v) is 7.24. The number of phenolic OH excluding ortho intramolecular Hbond substituents is 1. The first-order chi connectivity index (χ1) is 13.8. The lowest BCUT2D eigenvalue weighted by Gasteiger charge is -2.42. The Labute approximate surface area is 167 Å². The minimum Gasteiger partial charge on any atom is -0.502 e. The van der Waals surface area contributed by atoms with Crippen molar-refractivity contribution >= 4 is 5.78 Å². The van der Waals surface area contributed by atoms with Crippen LogP contribution >= 0.6 is 0 Å². The van der Waals surface area contributed by atoms with Crippen LogP contribution in [0.3, 0.4) is 0 Å². The number of hydrogen-bond donors (Lipinski definition) is 2. The first-order valence-electron chi connectivity index (χ1n) is 9.07. The fraction of sp³-hybridized carbons (Fsp3) is 0.381. The molecule has 0 amide bonds. The van der Waals surface area contributed by atoms with Crippen LogP contribution < -0.4 is 23.7 Å². The van der Waals surface area contributed by atoms with Crippen LogP contribution in [0.15, 0.2) is 24.3 Å². The van der Waals surface area contributed by atoms with E-state index in [9.17, 15) is 15.0 Å². The molecule has 154 valence electrons. The van der Waals surface area contributed by atoms with Crippen molar-refractivity contribution in [3.8, 4) is 34.5 Å². The molecule has 0 saturated carbocycles. The van der Waals surface area contributed by atoms with Gasteiger partial charge < -0.3 is 33.9 Å². The number of benzene rings is 2. The van der Waals surface area contributed by atoms with Gasteiger partial charge in [0.05, 0.1) is 20.1 Å². The summed E-state index contributed by atoms with van der Waals surface area (Å²) < 4.78 is 27.2. The predicted octanol–water partition coefficient (Wildman–Crippen LogP) is 2.58. The molecule has 8 heteroatoms. The Balaban J connectivity index is 1.98. The summed E-state index contributed by atoms with van der Waals surface area (Å²) in [7, 11) is 2.85. The van der Waals surface area contributed by atoms with Crippen LogP contribution in [-0.4, -0.2) is 42.8 Å². The van der Waals surface area contributed by atoms with E-state index in [0.717, 1.165) is 0 Å². The normalized spacial score (nSPS) is 24.4. The highest BCUT2D eigenvalue weighted by atomic mass is 16.7. The van der Waals surface area contributed by atoms with Crippen LogP contribution in [-0.2, 0) is 4.79 Å². The largest absolute Gasteiger partial charge is 0.502 e. The Hall–Kier alpha value is -3.13. The molecule has 0 bridgehead atoms. The number of aromatic hydroxyl groups is 1. The number of carbonyl (C=O) groups is 1. The Kier molecular flexibility index (Phi) is 4.46. The molecule has 8 nitrogen and oxygen atoms in total. The maximum atomic E-state index is 12.6. The Morgan fingerprint density at radius 1 is 1.07 bits per heavy atom. The summed E-state index contributed by atoms with van der Waals surface area (Å²) in [5.41, 5.74) is 1.26. The maximum absolute atomic E-state index is 12.6. The summed E-state index contributed by atoms with van der Waals surface area (Å²) in [6, 6.07) is 6.63. The topological polar surface area (TPSA) is 104 Å². The molecule has 0 saturated heterocycles. The molecule has 0 fully saturated rings. The standard InChI is InChI=1S/C21H22O8/c1-10(22)19-18(11-5-16(25-3)20(23)17(6-11)26-4)12-7-14-15(28-9-27-14)8-13(12)29-21(19,2)24/h5-8,18-19,23-24H,9H2,1-4H3/t18-,19+,21+/m0/s1. The number of methoxy groups -OCH3 is 2. The average molecular weight is 402 g/mol. The van der Waals surface area contributed by atoms with Crippen LogP contribution in [0.1, 0.15) is 30.9 Å².